The van der Waals surface area contributed by atoms with Crippen LogP contribution in [0.15, 0.2) is 71.6 Å². The molecule has 0 bridgehead atoms. The van der Waals surface area contributed by atoms with E-state index < -0.39 is 34.4 Å². The number of carbonyl (C=O) groups excluding carboxylic acids is 2. The highest BCUT2D eigenvalue weighted by atomic mass is 35.5. The Bertz CT molecular complexity index is 1400. The van der Waals surface area contributed by atoms with Gasteiger partial charge in [-0.25, -0.2) is 8.42 Å². The summed E-state index contributed by atoms with van der Waals surface area (Å²) in [6.07, 6.45) is 0.279. The SMILES string of the molecule is CC[C@@H](C(=O)NC)N(Cc1ccc(Cl)c(Cl)c1)C(=O)CN(c1cc(Cl)cc(Cl)c1)S(=O)(=O)c1ccccc1. The lowest BCUT2D eigenvalue weighted by atomic mass is 10.1. The number of amides is 2. The minimum atomic E-state index is -4.23. The number of hydrogen-bond donors (Lipinski definition) is 1. The quantitative estimate of drug-likeness (QED) is 0.300. The number of hydrogen-bond acceptors (Lipinski definition) is 4. The van der Waals surface area contributed by atoms with E-state index in [2.05, 4.69) is 5.32 Å². The Morgan fingerprint density at radius 2 is 1.53 bits per heavy atom. The number of halogens is 4. The van der Waals surface area contributed by atoms with Crippen LogP contribution in [0.1, 0.15) is 18.9 Å². The fourth-order valence-electron chi connectivity index (χ4n) is 3.85. The third-order valence-corrected chi connectivity index (χ3v) is 8.68. The summed E-state index contributed by atoms with van der Waals surface area (Å²) in [5.74, 6) is -1.02. The van der Waals surface area contributed by atoms with Gasteiger partial charge in [-0.2, -0.15) is 0 Å². The van der Waals surface area contributed by atoms with Crippen molar-refractivity contribution in [2.24, 2.45) is 0 Å². The molecule has 3 aromatic carbocycles. The van der Waals surface area contributed by atoms with Gasteiger partial charge in [-0.1, -0.05) is 77.6 Å². The maximum atomic E-state index is 13.9. The molecule has 0 heterocycles. The van der Waals surface area contributed by atoms with Crippen molar-refractivity contribution in [3.05, 3.63) is 92.4 Å². The van der Waals surface area contributed by atoms with E-state index in [0.29, 0.717) is 10.6 Å². The Morgan fingerprint density at radius 1 is 0.895 bits per heavy atom. The number of benzene rings is 3. The van der Waals surface area contributed by atoms with Gasteiger partial charge >= 0.3 is 0 Å². The van der Waals surface area contributed by atoms with Gasteiger partial charge in [0, 0.05) is 23.6 Å². The van der Waals surface area contributed by atoms with Gasteiger partial charge in [0.15, 0.2) is 0 Å². The maximum absolute atomic E-state index is 13.9. The Labute approximate surface area is 242 Å². The average molecular weight is 617 g/mol. The van der Waals surface area contributed by atoms with E-state index in [1.54, 1.807) is 43.3 Å². The van der Waals surface area contributed by atoms with Crippen LogP contribution in [0.25, 0.3) is 0 Å². The number of rotatable bonds is 10. The molecule has 12 heteroatoms. The zero-order valence-electron chi connectivity index (χ0n) is 20.5. The summed E-state index contributed by atoms with van der Waals surface area (Å²) in [6, 6.07) is 15.9. The zero-order valence-corrected chi connectivity index (χ0v) is 24.3. The molecular formula is C26H25Cl4N3O4S. The molecule has 1 atom stereocenters. The molecule has 1 N–H and O–H groups in total. The molecule has 0 unspecified atom stereocenters. The monoisotopic (exact) mass is 615 g/mol. The first kappa shape index (κ1) is 30.1. The Kier molecular flexibility index (Phi) is 10.3. The van der Waals surface area contributed by atoms with Crippen molar-refractivity contribution in [2.45, 2.75) is 30.8 Å². The smallest absolute Gasteiger partial charge is 0.264 e. The van der Waals surface area contributed by atoms with Gasteiger partial charge < -0.3 is 10.2 Å². The van der Waals surface area contributed by atoms with Crippen molar-refractivity contribution >= 4 is 73.9 Å². The highest BCUT2D eigenvalue weighted by Crippen LogP contribution is 2.30. The molecule has 0 aliphatic rings. The molecule has 38 heavy (non-hydrogen) atoms. The molecule has 2 amide bonds. The van der Waals surface area contributed by atoms with E-state index in [1.165, 1.54) is 42.3 Å². The predicted molar refractivity (Wildman–Crippen MR) is 153 cm³/mol. The van der Waals surface area contributed by atoms with Crippen molar-refractivity contribution < 1.29 is 18.0 Å². The second kappa shape index (κ2) is 13.0. The third kappa shape index (κ3) is 7.12. The number of nitrogens with zero attached hydrogens (tertiary/aromatic N) is 2. The van der Waals surface area contributed by atoms with E-state index >= 15 is 0 Å². The Balaban J connectivity index is 2.09. The summed E-state index contributed by atoms with van der Waals surface area (Å²) in [4.78, 5) is 27.9. The van der Waals surface area contributed by atoms with E-state index in [4.69, 9.17) is 46.4 Å². The molecule has 0 aliphatic heterocycles. The van der Waals surface area contributed by atoms with E-state index in [9.17, 15) is 18.0 Å². The molecule has 0 saturated carbocycles. The fraction of sp³-hybridized carbons (Fsp3) is 0.231. The minimum Gasteiger partial charge on any atom is -0.357 e. The molecule has 3 rings (SSSR count). The summed E-state index contributed by atoms with van der Waals surface area (Å²) in [5.41, 5.74) is 0.709. The molecule has 202 valence electrons. The van der Waals surface area contributed by atoms with E-state index in [-0.39, 0.29) is 38.6 Å². The lowest BCUT2D eigenvalue weighted by Crippen LogP contribution is -2.51. The van der Waals surface area contributed by atoms with Crippen LogP contribution in [0.2, 0.25) is 20.1 Å². The van der Waals surface area contributed by atoms with E-state index in [1.807, 2.05) is 0 Å². The largest absolute Gasteiger partial charge is 0.357 e. The average Bonchev–Trinajstić information content (AvgIpc) is 2.88. The normalized spacial score (nSPS) is 12.1. The van der Waals surface area contributed by atoms with Gasteiger partial charge in [-0.3, -0.25) is 13.9 Å². The van der Waals surface area contributed by atoms with Crippen LogP contribution in [-0.2, 0) is 26.2 Å². The van der Waals surface area contributed by atoms with Gasteiger partial charge in [0.25, 0.3) is 10.0 Å². The van der Waals surface area contributed by atoms with Crippen LogP contribution in [0.3, 0.4) is 0 Å². The van der Waals surface area contributed by atoms with Gasteiger partial charge in [0.1, 0.15) is 12.6 Å². The highest BCUT2D eigenvalue weighted by Gasteiger charge is 2.33. The minimum absolute atomic E-state index is 0.0167. The van der Waals surface area contributed by atoms with Crippen molar-refractivity contribution in [1.82, 2.24) is 10.2 Å². The summed E-state index contributed by atoms with van der Waals surface area (Å²) < 4.78 is 28.4. The predicted octanol–water partition coefficient (Wildman–Crippen LogP) is 6.05. The number of nitrogens with one attached hydrogen (secondary N) is 1. The first-order valence-electron chi connectivity index (χ1n) is 11.5. The topological polar surface area (TPSA) is 86.8 Å². The molecular weight excluding hydrogens is 592 g/mol. The second-order valence-corrected chi connectivity index (χ2v) is 11.8. The molecule has 3 aromatic rings. The van der Waals surface area contributed by atoms with E-state index in [0.717, 1.165) is 4.31 Å². The number of anilines is 1. The van der Waals surface area contributed by atoms with Crippen LogP contribution in [-0.4, -0.2) is 44.8 Å². The summed E-state index contributed by atoms with van der Waals surface area (Å²) >= 11 is 24.6. The van der Waals surface area contributed by atoms with Crippen LogP contribution in [0.5, 0.6) is 0 Å². The summed E-state index contributed by atoms with van der Waals surface area (Å²) in [6.45, 7) is 1.12. The second-order valence-electron chi connectivity index (χ2n) is 8.26. The van der Waals surface area contributed by atoms with Crippen molar-refractivity contribution in [1.29, 1.82) is 0 Å². The van der Waals surface area contributed by atoms with Crippen LogP contribution in [0.4, 0.5) is 5.69 Å². The van der Waals surface area contributed by atoms with Crippen LogP contribution >= 0.6 is 46.4 Å². The number of likely N-dealkylation sites (N-methyl/N-ethyl adjacent to an activating group) is 1. The lowest BCUT2D eigenvalue weighted by Gasteiger charge is -2.33. The standard InChI is InChI=1S/C26H25Cl4N3O4S/c1-3-24(26(35)31-2)32(15-17-9-10-22(29)23(30)11-17)25(34)16-33(20-13-18(27)12-19(28)14-20)38(36,37)21-7-5-4-6-8-21/h4-14,24H,3,15-16H2,1-2H3,(H,31,35)/t24-/m0/s1. The number of carbonyl (C=O) groups is 2. The first-order chi connectivity index (χ1) is 18.0. The Hall–Kier alpha value is -2.49. The maximum Gasteiger partial charge on any atom is 0.264 e. The van der Waals surface area contributed by atoms with Gasteiger partial charge in [-0.15, -0.1) is 0 Å². The van der Waals surface area contributed by atoms with Crippen molar-refractivity contribution in [3.63, 3.8) is 0 Å². The first-order valence-corrected chi connectivity index (χ1v) is 14.4. The Morgan fingerprint density at radius 3 is 2.08 bits per heavy atom. The van der Waals surface area contributed by atoms with Crippen molar-refractivity contribution in [3.8, 4) is 0 Å². The zero-order chi connectivity index (χ0) is 28.0. The number of sulfonamides is 1. The van der Waals surface area contributed by atoms with Crippen LogP contribution < -0.4 is 9.62 Å². The molecule has 0 aromatic heterocycles. The van der Waals surface area contributed by atoms with Gasteiger partial charge in [0.05, 0.1) is 20.6 Å². The highest BCUT2D eigenvalue weighted by molar-refractivity contribution is 7.92. The van der Waals surface area contributed by atoms with Crippen molar-refractivity contribution in [2.75, 3.05) is 17.9 Å². The molecule has 7 nitrogen and oxygen atoms in total. The fourth-order valence-corrected chi connectivity index (χ4v) is 6.11. The summed E-state index contributed by atoms with van der Waals surface area (Å²) in [5, 5.41) is 3.57. The summed E-state index contributed by atoms with van der Waals surface area (Å²) in [7, 11) is -2.76. The molecule has 0 radical (unpaired) electrons. The molecule has 0 aliphatic carbocycles. The van der Waals surface area contributed by atoms with Crippen LogP contribution in [0, 0.1) is 0 Å². The van der Waals surface area contributed by atoms with Gasteiger partial charge in [0.2, 0.25) is 11.8 Å². The lowest BCUT2D eigenvalue weighted by molar-refractivity contribution is -0.140. The van der Waals surface area contributed by atoms with Gasteiger partial charge in [-0.05, 0) is 54.4 Å². The molecule has 0 spiro atoms. The third-order valence-electron chi connectivity index (χ3n) is 5.71. The molecule has 0 fully saturated rings. The molecule has 0 saturated heterocycles.